The number of piperidine rings is 1. The second kappa shape index (κ2) is 7.13. The van der Waals surface area contributed by atoms with Crippen molar-refractivity contribution >= 4 is 17.7 Å². The molecule has 1 aromatic carbocycles. The summed E-state index contributed by atoms with van der Waals surface area (Å²) in [5.74, 6) is 0.437. The molecule has 0 spiro atoms. The summed E-state index contributed by atoms with van der Waals surface area (Å²) in [5.41, 5.74) is 0.911. The van der Waals surface area contributed by atoms with Gasteiger partial charge in [0.15, 0.2) is 0 Å². The van der Waals surface area contributed by atoms with Gasteiger partial charge in [0, 0.05) is 30.9 Å². The van der Waals surface area contributed by atoms with Crippen LogP contribution in [0.2, 0.25) is 0 Å². The van der Waals surface area contributed by atoms with Gasteiger partial charge in [0.25, 0.3) is 0 Å². The highest BCUT2D eigenvalue weighted by Crippen LogP contribution is 2.17. The number of rotatable bonds is 4. The zero-order chi connectivity index (χ0) is 16.1. The molecule has 1 aromatic heterocycles. The van der Waals surface area contributed by atoms with Crippen LogP contribution in [-0.4, -0.2) is 29.9 Å². The number of benzene rings is 1. The van der Waals surface area contributed by atoms with Gasteiger partial charge in [-0.15, -0.1) is 0 Å². The summed E-state index contributed by atoms with van der Waals surface area (Å²) in [6.07, 6.45) is 6.56. The molecule has 0 saturated carbocycles. The third-order valence-electron chi connectivity index (χ3n) is 3.96. The Morgan fingerprint density at radius 2 is 1.96 bits per heavy atom. The summed E-state index contributed by atoms with van der Waals surface area (Å²) < 4.78 is 18.1. The van der Waals surface area contributed by atoms with E-state index in [1.807, 2.05) is 11.0 Å². The van der Waals surface area contributed by atoms with Gasteiger partial charge in [0.2, 0.25) is 5.91 Å². The minimum absolute atomic E-state index is 0.00151. The molecule has 0 aliphatic carbocycles. The van der Waals surface area contributed by atoms with Gasteiger partial charge in [0.1, 0.15) is 11.6 Å². The number of hydrogen-bond acceptors (Lipinski definition) is 3. The Balaban J connectivity index is 1.48. The molecular weight excluding hydrogens is 295 g/mol. The van der Waals surface area contributed by atoms with Gasteiger partial charge in [-0.25, -0.2) is 4.39 Å². The summed E-state index contributed by atoms with van der Waals surface area (Å²) in [7, 11) is 0. The first kappa shape index (κ1) is 15.3. The molecule has 5 heteroatoms. The zero-order valence-corrected chi connectivity index (χ0v) is 12.7. The topological polar surface area (TPSA) is 45.5 Å². The lowest BCUT2D eigenvalue weighted by Gasteiger charge is -2.32. The van der Waals surface area contributed by atoms with Crippen molar-refractivity contribution in [3.05, 3.63) is 60.3 Å². The smallest absolute Gasteiger partial charge is 0.246 e. The highest BCUT2D eigenvalue weighted by Gasteiger charge is 2.21. The maximum atomic E-state index is 12.9. The molecule has 1 saturated heterocycles. The van der Waals surface area contributed by atoms with Crippen LogP contribution in [-0.2, 0) is 4.79 Å². The van der Waals surface area contributed by atoms with Crippen molar-refractivity contribution in [3.63, 3.8) is 0 Å². The fourth-order valence-electron chi connectivity index (χ4n) is 2.67. The molecule has 1 aliphatic rings. The van der Waals surface area contributed by atoms with Crippen LogP contribution >= 0.6 is 0 Å². The van der Waals surface area contributed by atoms with Crippen LogP contribution < -0.4 is 5.32 Å². The fourth-order valence-corrected chi connectivity index (χ4v) is 2.67. The fraction of sp³-hybridized carbons (Fsp3) is 0.278. The van der Waals surface area contributed by atoms with Crippen molar-refractivity contribution in [2.45, 2.75) is 18.9 Å². The normalized spacial score (nSPS) is 16.0. The molecule has 120 valence electrons. The van der Waals surface area contributed by atoms with Crippen molar-refractivity contribution in [2.24, 2.45) is 0 Å². The molecule has 1 fully saturated rings. The molecule has 0 radical (unpaired) electrons. The van der Waals surface area contributed by atoms with Crippen molar-refractivity contribution in [3.8, 4) is 0 Å². The highest BCUT2D eigenvalue weighted by atomic mass is 19.1. The first-order chi connectivity index (χ1) is 11.2. The van der Waals surface area contributed by atoms with E-state index < -0.39 is 0 Å². The number of anilines is 1. The lowest BCUT2D eigenvalue weighted by molar-refractivity contribution is -0.126. The van der Waals surface area contributed by atoms with Crippen LogP contribution in [0.25, 0.3) is 6.08 Å². The van der Waals surface area contributed by atoms with Crippen LogP contribution in [0.3, 0.4) is 0 Å². The number of amides is 1. The van der Waals surface area contributed by atoms with Gasteiger partial charge in [0.05, 0.1) is 6.26 Å². The van der Waals surface area contributed by atoms with Crippen molar-refractivity contribution in [1.29, 1.82) is 0 Å². The number of carbonyl (C=O) groups excluding carboxylic acids is 1. The number of nitrogens with zero attached hydrogens (tertiary/aromatic N) is 1. The monoisotopic (exact) mass is 314 g/mol. The second-order valence-electron chi connectivity index (χ2n) is 5.60. The summed E-state index contributed by atoms with van der Waals surface area (Å²) in [4.78, 5) is 14.0. The Morgan fingerprint density at radius 1 is 1.22 bits per heavy atom. The largest absolute Gasteiger partial charge is 0.465 e. The maximum Gasteiger partial charge on any atom is 0.246 e. The molecule has 23 heavy (non-hydrogen) atoms. The number of likely N-dealkylation sites (tertiary alicyclic amines) is 1. The minimum atomic E-state index is -0.237. The van der Waals surface area contributed by atoms with E-state index in [4.69, 9.17) is 4.42 Å². The van der Waals surface area contributed by atoms with Gasteiger partial charge in [-0.1, -0.05) is 0 Å². The predicted molar refractivity (Wildman–Crippen MR) is 87.4 cm³/mol. The maximum absolute atomic E-state index is 12.9. The minimum Gasteiger partial charge on any atom is -0.465 e. The van der Waals surface area contributed by atoms with Crippen LogP contribution in [0.4, 0.5) is 10.1 Å². The Bertz CT molecular complexity index is 657. The summed E-state index contributed by atoms with van der Waals surface area (Å²) in [6, 6.07) is 10.3. The van der Waals surface area contributed by atoms with Gasteiger partial charge in [-0.3, -0.25) is 4.79 Å². The first-order valence-corrected chi connectivity index (χ1v) is 7.73. The standard InChI is InChI=1S/C18H19FN2O2/c19-14-3-5-15(6-4-14)20-16-9-11-21(12-10-16)18(22)8-7-17-2-1-13-23-17/h1-8,13,16,20H,9-12H2. The van der Waals surface area contributed by atoms with Crippen LogP contribution in [0, 0.1) is 5.82 Å². The number of nitrogens with one attached hydrogen (secondary N) is 1. The summed E-state index contributed by atoms with van der Waals surface area (Å²) >= 11 is 0. The predicted octanol–water partition coefficient (Wildman–Crippen LogP) is 3.54. The Morgan fingerprint density at radius 3 is 2.61 bits per heavy atom. The molecule has 0 atom stereocenters. The van der Waals surface area contributed by atoms with Gasteiger partial charge in [-0.05, 0) is 55.3 Å². The van der Waals surface area contributed by atoms with E-state index in [2.05, 4.69) is 5.32 Å². The number of carbonyl (C=O) groups is 1. The molecule has 0 bridgehead atoms. The lowest BCUT2D eigenvalue weighted by atomic mass is 10.0. The molecule has 2 aromatic rings. The third kappa shape index (κ3) is 4.22. The lowest BCUT2D eigenvalue weighted by Crippen LogP contribution is -2.41. The van der Waals surface area contributed by atoms with Gasteiger partial charge < -0.3 is 14.6 Å². The molecular formula is C18H19FN2O2. The number of furan rings is 1. The van der Waals surface area contributed by atoms with E-state index >= 15 is 0 Å². The average molecular weight is 314 g/mol. The van der Waals surface area contributed by atoms with Crippen LogP contribution in [0.5, 0.6) is 0 Å². The third-order valence-corrected chi connectivity index (χ3v) is 3.96. The second-order valence-corrected chi connectivity index (χ2v) is 5.60. The quantitative estimate of drug-likeness (QED) is 0.878. The summed E-state index contributed by atoms with van der Waals surface area (Å²) in [5, 5.41) is 3.38. The van der Waals surface area contributed by atoms with Crippen LogP contribution in [0.15, 0.2) is 53.2 Å². The van der Waals surface area contributed by atoms with E-state index in [-0.39, 0.29) is 11.7 Å². The van der Waals surface area contributed by atoms with E-state index in [1.165, 1.54) is 12.1 Å². The van der Waals surface area contributed by atoms with Crippen molar-refractivity contribution in [2.75, 3.05) is 18.4 Å². The molecule has 1 amide bonds. The van der Waals surface area contributed by atoms with Gasteiger partial charge >= 0.3 is 0 Å². The van der Waals surface area contributed by atoms with E-state index in [0.29, 0.717) is 24.9 Å². The molecule has 2 heterocycles. The Kier molecular flexibility index (Phi) is 4.76. The molecule has 1 N–H and O–H groups in total. The van der Waals surface area contributed by atoms with E-state index in [9.17, 15) is 9.18 Å². The Hall–Kier alpha value is -2.56. The van der Waals surface area contributed by atoms with Gasteiger partial charge in [-0.2, -0.15) is 0 Å². The molecule has 1 aliphatic heterocycles. The highest BCUT2D eigenvalue weighted by molar-refractivity contribution is 5.91. The van der Waals surface area contributed by atoms with Crippen molar-refractivity contribution in [1.82, 2.24) is 4.90 Å². The van der Waals surface area contributed by atoms with Crippen LogP contribution in [0.1, 0.15) is 18.6 Å². The van der Waals surface area contributed by atoms with E-state index in [0.717, 1.165) is 18.5 Å². The molecule has 4 nitrogen and oxygen atoms in total. The number of hydrogen-bond donors (Lipinski definition) is 1. The first-order valence-electron chi connectivity index (χ1n) is 7.73. The zero-order valence-electron chi connectivity index (χ0n) is 12.7. The Labute approximate surface area is 134 Å². The molecule has 0 unspecified atom stereocenters. The SMILES string of the molecule is O=C(C=Cc1ccco1)N1CCC(Nc2ccc(F)cc2)CC1. The van der Waals surface area contributed by atoms with Crippen molar-refractivity contribution < 1.29 is 13.6 Å². The number of halogens is 1. The summed E-state index contributed by atoms with van der Waals surface area (Å²) in [6.45, 7) is 1.42. The molecule has 3 rings (SSSR count). The van der Waals surface area contributed by atoms with E-state index in [1.54, 1.807) is 36.6 Å². The average Bonchev–Trinajstić information content (AvgIpc) is 3.09.